The van der Waals surface area contributed by atoms with Crippen LogP contribution in [0.1, 0.15) is 0 Å². The van der Waals surface area contributed by atoms with Crippen molar-refractivity contribution in [1.82, 2.24) is 0 Å². The van der Waals surface area contributed by atoms with Crippen LogP contribution in [0.5, 0.6) is 5.75 Å². The third kappa shape index (κ3) is 6.43. The fourth-order valence-electron chi connectivity index (χ4n) is 4.33. The number of phenolic OH excluding ortho intramolecular Hbond substituents is 1. The van der Waals surface area contributed by atoms with Crippen LogP contribution < -0.4 is 11.5 Å². The van der Waals surface area contributed by atoms with Gasteiger partial charge in [-0.2, -0.15) is 25.3 Å². The zero-order valence-electron chi connectivity index (χ0n) is 22.3. The summed E-state index contributed by atoms with van der Waals surface area (Å²) in [6, 6.07) is 14.5. The number of hydrogen-bond donors (Lipinski definition) is 6. The molecule has 45 heavy (non-hydrogen) atoms. The van der Waals surface area contributed by atoms with Gasteiger partial charge in [-0.05, 0) is 66.0 Å². The van der Waals surface area contributed by atoms with Crippen LogP contribution in [0.3, 0.4) is 0 Å². The van der Waals surface area contributed by atoms with Gasteiger partial charge in [0.15, 0.2) is 5.75 Å². The van der Waals surface area contributed by atoms with Crippen molar-refractivity contribution in [2.24, 2.45) is 20.5 Å². The molecule has 0 unspecified atom stereocenters. The van der Waals surface area contributed by atoms with E-state index in [2.05, 4.69) is 20.5 Å². The summed E-state index contributed by atoms with van der Waals surface area (Å²) in [5.74, 6) is -0.679. The second-order valence-electron chi connectivity index (χ2n) is 9.42. The van der Waals surface area contributed by atoms with E-state index in [4.69, 9.17) is 11.5 Å². The molecule has 5 aromatic carbocycles. The van der Waals surface area contributed by atoms with Gasteiger partial charge in [-0.15, -0.1) is 20.5 Å². The Morgan fingerprint density at radius 3 is 1.73 bits per heavy atom. The average Bonchev–Trinajstić information content (AvgIpc) is 2.94. The zero-order valence-corrected chi connectivity index (χ0v) is 24.8. The Bertz CT molecular complexity index is 2450. The molecule has 0 fully saturated rings. The maximum atomic E-state index is 12.2. The van der Waals surface area contributed by atoms with Gasteiger partial charge in [0.2, 0.25) is 0 Å². The Kier molecular flexibility index (Phi) is 7.77. The van der Waals surface area contributed by atoms with Crippen LogP contribution in [0.25, 0.3) is 21.5 Å². The van der Waals surface area contributed by atoms with Gasteiger partial charge in [0, 0.05) is 27.5 Å². The first kappa shape index (κ1) is 31.4. The molecule has 5 rings (SSSR count). The number of aromatic hydroxyl groups is 1. The third-order valence-corrected chi connectivity index (χ3v) is 9.00. The van der Waals surface area contributed by atoms with Gasteiger partial charge in [0.05, 0.1) is 16.3 Å². The Morgan fingerprint density at radius 1 is 0.511 bits per heavy atom. The maximum absolute atomic E-state index is 12.2. The summed E-state index contributed by atoms with van der Waals surface area (Å²) >= 11 is 0. The lowest BCUT2D eigenvalue weighted by atomic mass is 10.1. The summed E-state index contributed by atoms with van der Waals surface area (Å²) in [6.07, 6.45) is 0. The average molecular weight is 673 g/mol. The van der Waals surface area contributed by atoms with E-state index in [1.807, 2.05) is 0 Å². The summed E-state index contributed by atoms with van der Waals surface area (Å²) in [7, 11) is -14.4. The molecule has 0 saturated carbocycles. The van der Waals surface area contributed by atoms with Crippen molar-refractivity contribution >= 4 is 86.0 Å². The second-order valence-corrected chi connectivity index (χ2v) is 13.6. The summed E-state index contributed by atoms with van der Waals surface area (Å²) in [5.41, 5.74) is 10.8. The summed E-state index contributed by atoms with van der Waals surface area (Å²) in [4.78, 5) is -1.94. The minimum absolute atomic E-state index is 0.0224. The molecule has 0 aliphatic carbocycles. The normalized spacial score (nSPS) is 13.0. The van der Waals surface area contributed by atoms with Crippen LogP contribution in [-0.2, 0) is 30.4 Å². The molecule has 232 valence electrons. The topological polar surface area (TPSA) is 285 Å². The van der Waals surface area contributed by atoms with Gasteiger partial charge in [0.1, 0.15) is 21.2 Å². The number of rotatable bonds is 7. The maximum Gasteiger partial charge on any atom is 0.296 e. The zero-order chi connectivity index (χ0) is 32.9. The molecule has 0 spiro atoms. The molecule has 8 N–H and O–H groups in total. The molecular formula is C26H20N6O10S3. The molecule has 5 aromatic rings. The first-order chi connectivity index (χ1) is 20.9. The lowest BCUT2D eigenvalue weighted by molar-refractivity contribution is 0.472. The first-order valence-corrected chi connectivity index (χ1v) is 16.5. The largest absolute Gasteiger partial charge is 0.505 e. The van der Waals surface area contributed by atoms with Crippen molar-refractivity contribution in [3.63, 3.8) is 0 Å². The van der Waals surface area contributed by atoms with E-state index < -0.39 is 56.5 Å². The van der Waals surface area contributed by atoms with Crippen LogP contribution in [0.15, 0.2) is 108 Å². The molecule has 19 heteroatoms. The standard InChI is InChI=1S/C26H20N6O10S3/c27-14-2-1-13-9-24(45(40,41)42)25(26(33)18(13)10-14)32-30-21-7-6-20(17-5-4-16(12-19(17)21)43(34,35)36)29-31-22-11-15(28)3-8-23(22)44(37,38)39/h1-12,33H,27-28H2,(H,34,35,36)(H,37,38,39)(H,40,41,42). The minimum atomic E-state index is -4.94. The van der Waals surface area contributed by atoms with Crippen molar-refractivity contribution in [3.8, 4) is 5.75 Å². The number of nitrogens with zero attached hydrogens (tertiary/aromatic N) is 4. The highest BCUT2D eigenvalue weighted by molar-refractivity contribution is 7.86. The first-order valence-electron chi connectivity index (χ1n) is 12.2. The van der Waals surface area contributed by atoms with Crippen molar-refractivity contribution in [2.75, 3.05) is 11.5 Å². The number of nitrogens with two attached hydrogens (primary N) is 2. The van der Waals surface area contributed by atoms with E-state index in [9.17, 15) is 44.0 Å². The fourth-order valence-corrected chi connectivity index (χ4v) is 6.09. The molecular weight excluding hydrogens is 653 g/mol. The van der Waals surface area contributed by atoms with E-state index in [0.29, 0.717) is 0 Å². The third-order valence-electron chi connectivity index (χ3n) is 6.38. The Balaban J connectivity index is 1.72. The number of nitrogen functional groups attached to an aromatic ring is 2. The Hall–Kier alpha value is -5.05. The number of benzene rings is 5. The SMILES string of the molecule is Nc1ccc(S(=O)(=O)O)c(N=Nc2ccc(N=Nc3c(S(=O)(=O)O)cc4ccc(N)cc4c3O)c3cc(S(=O)(=O)O)ccc23)c1. The number of azo groups is 2. The predicted octanol–water partition coefficient (Wildman–Crippen LogP) is 5.43. The number of phenols is 1. The summed E-state index contributed by atoms with van der Waals surface area (Å²) < 4.78 is 101. The van der Waals surface area contributed by atoms with E-state index in [1.165, 1.54) is 42.5 Å². The van der Waals surface area contributed by atoms with Crippen LogP contribution in [-0.4, -0.2) is 44.0 Å². The van der Waals surface area contributed by atoms with E-state index in [1.54, 1.807) is 0 Å². The van der Waals surface area contributed by atoms with Gasteiger partial charge in [0.25, 0.3) is 30.4 Å². The van der Waals surface area contributed by atoms with E-state index in [0.717, 1.165) is 30.3 Å². The second kappa shape index (κ2) is 11.1. The molecule has 0 heterocycles. The molecule has 0 aromatic heterocycles. The van der Waals surface area contributed by atoms with Gasteiger partial charge >= 0.3 is 0 Å². The van der Waals surface area contributed by atoms with E-state index >= 15 is 0 Å². The van der Waals surface area contributed by atoms with Crippen molar-refractivity contribution < 1.29 is 44.0 Å². The fraction of sp³-hybridized carbons (Fsp3) is 0. The lowest BCUT2D eigenvalue weighted by Gasteiger charge is -2.10. The molecule has 0 radical (unpaired) electrons. The van der Waals surface area contributed by atoms with Crippen molar-refractivity contribution in [3.05, 3.63) is 72.8 Å². The van der Waals surface area contributed by atoms with Gasteiger partial charge < -0.3 is 16.6 Å². The molecule has 0 amide bonds. The minimum Gasteiger partial charge on any atom is -0.505 e. The molecule has 0 bridgehead atoms. The smallest absolute Gasteiger partial charge is 0.296 e. The highest BCUT2D eigenvalue weighted by Gasteiger charge is 2.23. The summed E-state index contributed by atoms with van der Waals surface area (Å²) in [6.45, 7) is 0. The molecule has 0 aliphatic rings. The van der Waals surface area contributed by atoms with Crippen LogP contribution in [0, 0.1) is 0 Å². The monoisotopic (exact) mass is 672 g/mol. The highest BCUT2D eigenvalue weighted by Crippen LogP contribution is 2.43. The quantitative estimate of drug-likeness (QED) is 0.0716. The van der Waals surface area contributed by atoms with Gasteiger partial charge in [-0.3, -0.25) is 13.7 Å². The van der Waals surface area contributed by atoms with E-state index in [-0.39, 0.29) is 50.0 Å². The van der Waals surface area contributed by atoms with Crippen molar-refractivity contribution in [2.45, 2.75) is 14.7 Å². The predicted molar refractivity (Wildman–Crippen MR) is 163 cm³/mol. The Labute approximate surface area is 254 Å². The highest BCUT2D eigenvalue weighted by atomic mass is 32.2. The van der Waals surface area contributed by atoms with Crippen molar-refractivity contribution in [1.29, 1.82) is 0 Å². The van der Waals surface area contributed by atoms with Crippen LogP contribution in [0.4, 0.5) is 34.1 Å². The number of anilines is 2. The molecule has 0 aliphatic heterocycles. The number of hydrogen-bond acceptors (Lipinski definition) is 13. The number of fused-ring (bicyclic) bond motifs is 2. The van der Waals surface area contributed by atoms with Crippen LogP contribution >= 0.6 is 0 Å². The molecule has 16 nitrogen and oxygen atoms in total. The van der Waals surface area contributed by atoms with Crippen LogP contribution in [0.2, 0.25) is 0 Å². The lowest BCUT2D eigenvalue weighted by Crippen LogP contribution is -1.99. The van der Waals surface area contributed by atoms with Gasteiger partial charge in [-0.1, -0.05) is 12.1 Å². The molecule has 0 saturated heterocycles. The Morgan fingerprint density at radius 2 is 1.09 bits per heavy atom. The summed E-state index contributed by atoms with van der Waals surface area (Å²) in [5, 5.41) is 27.1. The van der Waals surface area contributed by atoms with Gasteiger partial charge in [-0.25, -0.2) is 0 Å². The molecule has 0 atom stereocenters.